The highest BCUT2D eigenvalue weighted by molar-refractivity contribution is 5.91. The van der Waals surface area contributed by atoms with Crippen molar-refractivity contribution in [3.8, 4) is 0 Å². The second kappa shape index (κ2) is 5.60. The molecule has 6 heteroatoms. The molecule has 0 saturated carbocycles. The molecule has 0 aromatic heterocycles. The molecule has 23 heavy (non-hydrogen) atoms. The molecular formula is C17H23NO5. The quantitative estimate of drug-likeness (QED) is 0.556. The first kappa shape index (κ1) is 15.1. The molecule has 3 fully saturated rings. The summed E-state index contributed by atoms with van der Waals surface area (Å²) in [7, 11) is 0. The minimum atomic E-state index is -0.643. The Labute approximate surface area is 135 Å². The van der Waals surface area contributed by atoms with Gasteiger partial charge in [-0.15, -0.1) is 0 Å². The zero-order valence-electron chi connectivity index (χ0n) is 13.4. The zero-order chi connectivity index (χ0) is 16.0. The first-order chi connectivity index (χ1) is 11.1. The molecule has 126 valence electrons. The van der Waals surface area contributed by atoms with E-state index in [0.717, 1.165) is 25.9 Å². The third kappa shape index (κ3) is 2.31. The van der Waals surface area contributed by atoms with Crippen molar-refractivity contribution in [3.05, 3.63) is 12.2 Å². The number of likely N-dealkylation sites (tertiary alicyclic amines) is 1. The van der Waals surface area contributed by atoms with Crippen LogP contribution in [0, 0.1) is 11.8 Å². The second-order valence-corrected chi connectivity index (χ2v) is 6.92. The monoisotopic (exact) mass is 321 g/mol. The molecule has 2 unspecified atom stereocenters. The Morgan fingerprint density at radius 3 is 3.13 bits per heavy atom. The van der Waals surface area contributed by atoms with Gasteiger partial charge in [0, 0.05) is 13.2 Å². The van der Waals surface area contributed by atoms with E-state index >= 15 is 0 Å². The Morgan fingerprint density at radius 1 is 1.52 bits per heavy atom. The molecule has 0 N–H and O–H groups in total. The molecular weight excluding hydrogens is 298 g/mol. The minimum Gasteiger partial charge on any atom is -0.465 e. The zero-order valence-corrected chi connectivity index (χ0v) is 13.4. The summed E-state index contributed by atoms with van der Waals surface area (Å²) in [6.07, 6.45) is 6.48. The number of amides is 1. The molecule has 3 saturated heterocycles. The molecule has 0 aromatic carbocycles. The minimum absolute atomic E-state index is 0.00537. The first-order valence-corrected chi connectivity index (χ1v) is 8.59. The second-order valence-electron chi connectivity index (χ2n) is 6.92. The smallest absolute Gasteiger partial charge is 0.312 e. The molecule has 0 aromatic rings. The van der Waals surface area contributed by atoms with Crippen molar-refractivity contribution < 1.29 is 23.8 Å². The van der Waals surface area contributed by atoms with Gasteiger partial charge in [0.05, 0.1) is 31.3 Å². The highest BCUT2D eigenvalue weighted by atomic mass is 16.6. The van der Waals surface area contributed by atoms with Crippen LogP contribution in [0.3, 0.4) is 0 Å². The molecule has 4 heterocycles. The van der Waals surface area contributed by atoms with E-state index in [1.165, 1.54) is 0 Å². The van der Waals surface area contributed by atoms with Gasteiger partial charge in [0.2, 0.25) is 5.91 Å². The molecule has 0 aliphatic carbocycles. The summed E-state index contributed by atoms with van der Waals surface area (Å²) >= 11 is 0. The molecule has 5 atom stereocenters. The third-order valence-corrected chi connectivity index (χ3v) is 5.35. The largest absolute Gasteiger partial charge is 0.465 e. The predicted molar refractivity (Wildman–Crippen MR) is 80.5 cm³/mol. The van der Waals surface area contributed by atoms with Gasteiger partial charge in [-0.2, -0.15) is 0 Å². The first-order valence-electron chi connectivity index (χ1n) is 8.59. The molecule has 4 aliphatic rings. The van der Waals surface area contributed by atoms with Gasteiger partial charge in [0.25, 0.3) is 0 Å². The van der Waals surface area contributed by atoms with Crippen LogP contribution >= 0.6 is 0 Å². The summed E-state index contributed by atoms with van der Waals surface area (Å²) in [5.74, 6) is -1.25. The lowest BCUT2D eigenvalue weighted by Gasteiger charge is -2.23. The lowest BCUT2D eigenvalue weighted by molar-refractivity contribution is -0.154. The van der Waals surface area contributed by atoms with Crippen molar-refractivity contribution in [1.82, 2.24) is 4.90 Å². The number of nitrogens with zero attached hydrogens (tertiary/aromatic N) is 1. The third-order valence-electron chi connectivity index (χ3n) is 5.35. The summed E-state index contributed by atoms with van der Waals surface area (Å²) in [6, 6.07) is 0. The fourth-order valence-electron chi connectivity index (χ4n) is 4.33. The van der Waals surface area contributed by atoms with Crippen LogP contribution in [0.2, 0.25) is 0 Å². The van der Waals surface area contributed by atoms with Crippen LogP contribution in [0.5, 0.6) is 0 Å². The summed E-state index contributed by atoms with van der Waals surface area (Å²) < 4.78 is 17.0. The van der Waals surface area contributed by atoms with Gasteiger partial charge < -0.3 is 19.1 Å². The van der Waals surface area contributed by atoms with Gasteiger partial charge in [-0.3, -0.25) is 9.59 Å². The summed E-state index contributed by atoms with van der Waals surface area (Å²) in [6.45, 7) is 4.22. The van der Waals surface area contributed by atoms with E-state index in [-0.39, 0.29) is 24.1 Å². The van der Waals surface area contributed by atoms with Crippen LogP contribution in [0.1, 0.15) is 26.2 Å². The van der Waals surface area contributed by atoms with Crippen molar-refractivity contribution in [2.24, 2.45) is 11.8 Å². The number of rotatable bonds is 5. The van der Waals surface area contributed by atoms with Crippen molar-refractivity contribution in [2.75, 3.05) is 26.3 Å². The van der Waals surface area contributed by atoms with Gasteiger partial charge in [0.15, 0.2) is 0 Å². The lowest BCUT2D eigenvalue weighted by Crippen LogP contribution is -2.40. The van der Waals surface area contributed by atoms with E-state index in [2.05, 4.69) is 0 Å². The molecule has 6 nitrogen and oxygen atoms in total. The van der Waals surface area contributed by atoms with E-state index in [1.807, 2.05) is 24.0 Å². The fourth-order valence-corrected chi connectivity index (χ4v) is 4.33. The summed E-state index contributed by atoms with van der Waals surface area (Å²) in [5.41, 5.74) is -0.643. The number of esters is 1. The molecule has 4 aliphatic heterocycles. The van der Waals surface area contributed by atoms with Crippen LogP contribution in [-0.2, 0) is 23.8 Å². The van der Waals surface area contributed by atoms with Gasteiger partial charge >= 0.3 is 5.97 Å². The highest BCUT2D eigenvalue weighted by Gasteiger charge is 2.67. The molecule has 2 bridgehead atoms. The highest BCUT2D eigenvalue weighted by Crippen LogP contribution is 2.52. The normalized spacial score (nSPS) is 40.9. The topological polar surface area (TPSA) is 65.1 Å². The Balaban J connectivity index is 1.52. The van der Waals surface area contributed by atoms with E-state index in [9.17, 15) is 9.59 Å². The van der Waals surface area contributed by atoms with Crippen molar-refractivity contribution in [2.45, 2.75) is 44.0 Å². The number of ether oxygens (including phenoxy) is 3. The van der Waals surface area contributed by atoms with E-state index < -0.39 is 17.4 Å². The van der Waals surface area contributed by atoms with Gasteiger partial charge in [-0.05, 0) is 19.3 Å². The maximum absolute atomic E-state index is 12.9. The molecule has 4 rings (SSSR count). The Bertz CT molecular complexity index is 541. The van der Waals surface area contributed by atoms with Gasteiger partial charge in [-0.1, -0.05) is 19.1 Å². The predicted octanol–water partition coefficient (Wildman–Crippen LogP) is 0.901. The molecule has 1 amide bonds. The van der Waals surface area contributed by atoms with Crippen LogP contribution < -0.4 is 0 Å². The van der Waals surface area contributed by atoms with E-state index in [0.29, 0.717) is 19.7 Å². The molecule has 0 radical (unpaired) electrons. The molecule has 1 spiro atoms. The van der Waals surface area contributed by atoms with Crippen molar-refractivity contribution in [1.29, 1.82) is 0 Å². The Kier molecular flexibility index (Phi) is 3.69. The number of fused-ring (bicyclic) bond motifs is 1. The number of carbonyl (C=O) groups is 2. The van der Waals surface area contributed by atoms with Gasteiger partial charge in [0.1, 0.15) is 11.5 Å². The lowest BCUT2D eigenvalue weighted by atomic mass is 9.77. The SMILES string of the molecule is CCCOC(=O)C1[C@@H]2C=C[C@]3(CN(CC4CCCO4)C(=O)[C@H]13)O2. The average molecular weight is 321 g/mol. The van der Waals surface area contributed by atoms with Crippen LogP contribution in [0.25, 0.3) is 0 Å². The standard InChI is InChI=1S/C17H23NO5/c1-2-7-22-16(20)13-12-5-6-17(23-12)10-18(15(19)14(13)17)9-11-4-3-8-21-11/h5-6,11-14H,2-4,7-10H2,1H3/t11?,12-,13?,14-,17+/m0/s1. The Hall–Kier alpha value is -1.40. The number of carbonyl (C=O) groups excluding carboxylic acids is 2. The maximum atomic E-state index is 12.9. The average Bonchev–Trinajstić information content (AvgIpc) is 3.28. The summed E-state index contributed by atoms with van der Waals surface area (Å²) in [4.78, 5) is 27.1. The fraction of sp³-hybridized carbons (Fsp3) is 0.765. The summed E-state index contributed by atoms with van der Waals surface area (Å²) in [5, 5.41) is 0. The van der Waals surface area contributed by atoms with E-state index in [4.69, 9.17) is 14.2 Å². The van der Waals surface area contributed by atoms with Gasteiger partial charge in [-0.25, -0.2) is 0 Å². The van der Waals surface area contributed by atoms with Crippen LogP contribution in [-0.4, -0.2) is 60.9 Å². The maximum Gasteiger partial charge on any atom is 0.312 e. The number of hydrogen-bond acceptors (Lipinski definition) is 5. The Morgan fingerprint density at radius 2 is 2.39 bits per heavy atom. The number of hydrogen-bond donors (Lipinski definition) is 0. The van der Waals surface area contributed by atoms with E-state index in [1.54, 1.807) is 0 Å². The van der Waals surface area contributed by atoms with Crippen molar-refractivity contribution >= 4 is 11.9 Å². The van der Waals surface area contributed by atoms with Crippen LogP contribution in [0.15, 0.2) is 12.2 Å². The van der Waals surface area contributed by atoms with Crippen LogP contribution in [0.4, 0.5) is 0 Å². The van der Waals surface area contributed by atoms with Crippen molar-refractivity contribution in [3.63, 3.8) is 0 Å².